The summed E-state index contributed by atoms with van der Waals surface area (Å²) in [4.78, 5) is 14.7. The molecule has 158 valence electrons. The number of piperidine rings is 2. The normalized spacial score (nSPS) is 23.0. The van der Waals surface area contributed by atoms with Crippen LogP contribution in [0.3, 0.4) is 0 Å². The van der Waals surface area contributed by atoms with Gasteiger partial charge in [0.2, 0.25) is 5.91 Å². The van der Waals surface area contributed by atoms with Crippen LogP contribution in [0.15, 0.2) is 21.7 Å². The van der Waals surface area contributed by atoms with Gasteiger partial charge in [0.1, 0.15) is 4.21 Å². The molecule has 1 amide bonds. The molecule has 3 rings (SSSR count). The number of nitrogens with one attached hydrogen (secondary N) is 1. The molecule has 1 atom stereocenters. The Labute approximate surface area is 173 Å². The fourth-order valence-corrected chi connectivity index (χ4v) is 6.86. The van der Waals surface area contributed by atoms with Gasteiger partial charge in [-0.3, -0.25) is 4.79 Å². The maximum atomic E-state index is 12.6. The van der Waals surface area contributed by atoms with Crippen LogP contribution < -0.4 is 5.32 Å². The second-order valence-corrected chi connectivity index (χ2v) is 11.3. The molecule has 1 aromatic rings. The van der Waals surface area contributed by atoms with E-state index >= 15 is 0 Å². The van der Waals surface area contributed by atoms with Crippen molar-refractivity contribution in [2.75, 3.05) is 39.3 Å². The Hall–Kier alpha value is -0.960. The molecule has 1 N–H and O–H groups in total. The zero-order chi connectivity index (χ0) is 20.0. The maximum absolute atomic E-state index is 12.6. The van der Waals surface area contributed by atoms with E-state index in [1.54, 1.807) is 21.8 Å². The fraction of sp³-hybridized carbons (Fsp3) is 0.750. The average molecular weight is 428 g/mol. The zero-order valence-electron chi connectivity index (χ0n) is 16.8. The van der Waals surface area contributed by atoms with E-state index in [4.69, 9.17) is 0 Å². The summed E-state index contributed by atoms with van der Waals surface area (Å²) in [6.45, 7) is 7.48. The Morgan fingerprint density at radius 1 is 1.25 bits per heavy atom. The number of carbonyl (C=O) groups excluding carboxylic acids is 1. The number of nitrogens with zero attached hydrogens (tertiary/aromatic N) is 2. The van der Waals surface area contributed by atoms with Gasteiger partial charge in [-0.25, -0.2) is 8.42 Å². The van der Waals surface area contributed by atoms with Gasteiger partial charge in [-0.1, -0.05) is 13.0 Å². The van der Waals surface area contributed by atoms with Gasteiger partial charge in [0.25, 0.3) is 10.0 Å². The van der Waals surface area contributed by atoms with Gasteiger partial charge in [0.05, 0.1) is 0 Å². The zero-order valence-corrected chi connectivity index (χ0v) is 18.4. The summed E-state index contributed by atoms with van der Waals surface area (Å²) in [5.74, 6) is 1.17. The number of rotatable bonds is 8. The van der Waals surface area contributed by atoms with Gasteiger partial charge in [-0.05, 0) is 68.5 Å². The molecule has 0 aliphatic carbocycles. The molecule has 0 aromatic carbocycles. The molecule has 6 nitrogen and oxygen atoms in total. The third-order valence-electron chi connectivity index (χ3n) is 5.85. The highest BCUT2D eigenvalue weighted by Crippen LogP contribution is 2.27. The van der Waals surface area contributed by atoms with Crippen LogP contribution >= 0.6 is 11.3 Å². The van der Waals surface area contributed by atoms with Crippen LogP contribution in [0.1, 0.15) is 45.4 Å². The Balaban J connectivity index is 1.32. The molecule has 0 radical (unpaired) electrons. The second kappa shape index (κ2) is 10.2. The number of amides is 1. The van der Waals surface area contributed by atoms with Crippen molar-refractivity contribution in [2.45, 2.75) is 49.7 Å². The molecule has 2 fully saturated rings. The first-order chi connectivity index (χ1) is 13.4. The SMILES string of the molecule is C[C@H]1CCCN(CCCNC(=O)CC2CCN(S(=O)(=O)c3cccs3)CC2)C1. The van der Waals surface area contributed by atoms with Gasteiger partial charge >= 0.3 is 0 Å². The first kappa shape index (κ1) is 21.7. The molecule has 0 unspecified atom stereocenters. The van der Waals surface area contributed by atoms with Crippen molar-refractivity contribution in [3.63, 3.8) is 0 Å². The monoisotopic (exact) mass is 427 g/mol. The summed E-state index contributed by atoms with van der Waals surface area (Å²) >= 11 is 1.26. The topological polar surface area (TPSA) is 69.7 Å². The third kappa shape index (κ3) is 6.02. The minimum absolute atomic E-state index is 0.103. The predicted octanol–water partition coefficient (Wildman–Crippen LogP) is 2.78. The summed E-state index contributed by atoms with van der Waals surface area (Å²) < 4.78 is 27.1. The molecular formula is C20H33N3O3S2. The van der Waals surface area contributed by atoms with Crippen molar-refractivity contribution in [3.05, 3.63) is 17.5 Å². The first-order valence-electron chi connectivity index (χ1n) is 10.5. The van der Waals surface area contributed by atoms with Crippen LogP contribution in [0.4, 0.5) is 0 Å². The van der Waals surface area contributed by atoms with Gasteiger partial charge in [0.15, 0.2) is 0 Å². The number of hydrogen-bond donors (Lipinski definition) is 1. The number of likely N-dealkylation sites (tertiary alicyclic amines) is 1. The van der Waals surface area contributed by atoms with Gasteiger partial charge in [0, 0.05) is 32.6 Å². The standard InChI is InChI=1S/C20H33N3O3S2/c1-17-5-2-10-22(16-17)11-4-9-21-19(24)15-18-7-12-23(13-8-18)28(25,26)20-6-3-14-27-20/h3,6,14,17-18H,2,4-5,7-13,15-16H2,1H3,(H,21,24)/t17-/m0/s1. The molecular weight excluding hydrogens is 394 g/mol. The van der Waals surface area contributed by atoms with Crippen molar-refractivity contribution >= 4 is 27.3 Å². The van der Waals surface area contributed by atoms with Gasteiger partial charge < -0.3 is 10.2 Å². The highest BCUT2D eigenvalue weighted by molar-refractivity contribution is 7.91. The number of hydrogen-bond acceptors (Lipinski definition) is 5. The molecule has 0 bridgehead atoms. The van der Waals surface area contributed by atoms with E-state index in [9.17, 15) is 13.2 Å². The van der Waals surface area contributed by atoms with Crippen LogP contribution in [0.2, 0.25) is 0 Å². The lowest BCUT2D eigenvalue weighted by Gasteiger charge is -2.31. The van der Waals surface area contributed by atoms with Crippen LogP contribution in [0.5, 0.6) is 0 Å². The lowest BCUT2D eigenvalue weighted by Crippen LogP contribution is -2.39. The third-order valence-corrected chi connectivity index (χ3v) is 9.12. The van der Waals surface area contributed by atoms with Crippen molar-refractivity contribution in [2.24, 2.45) is 11.8 Å². The molecule has 2 aliphatic heterocycles. The van der Waals surface area contributed by atoms with E-state index in [1.165, 1.54) is 37.3 Å². The second-order valence-electron chi connectivity index (χ2n) is 8.24. The van der Waals surface area contributed by atoms with Crippen molar-refractivity contribution in [3.8, 4) is 0 Å². The largest absolute Gasteiger partial charge is 0.356 e. The fourth-order valence-electron chi connectivity index (χ4n) is 4.25. The Morgan fingerprint density at radius 2 is 2.04 bits per heavy atom. The van der Waals surface area contributed by atoms with Crippen LogP contribution in [-0.4, -0.2) is 62.8 Å². The average Bonchev–Trinajstić information content (AvgIpc) is 3.21. The number of carbonyl (C=O) groups is 1. The number of sulfonamides is 1. The minimum Gasteiger partial charge on any atom is -0.356 e. The maximum Gasteiger partial charge on any atom is 0.252 e. The van der Waals surface area contributed by atoms with E-state index in [0.29, 0.717) is 23.7 Å². The molecule has 2 aliphatic rings. The van der Waals surface area contributed by atoms with Gasteiger partial charge in [-0.15, -0.1) is 11.3 Å². The Kier molecular flexibility index (Phi) is 7.91. The summed E-state index contributed by atoms with van der Waals surface area (Å²) in [6.07, 6.45) is 5.63. The summed E-state index contributed by atoms with van der Waals surface area (Å²) in [7, 11) is -3.36. The molecule has 28 heavy (non-hydrogen) atoms. The van der Waals surface area contributed by atoms with E-state index < -0.39 is 10.0 Å². The molecule has 1 aromatic heterocycles. The predicted molar refractivity (Wildman–Crippen MR) is 113 cm³/mol. The molecule has 0 saturated carbocycles. The van der Waals surface area contributed by atoms with Crippen LogP contribution in [0, 0.1) is 11.8 Å². The van der Waals surface area contributed by atoms with Crippen molar-refractivity contribution in [1.82, 2.24) is 14.5 Å². The molecule has 3 heterocycles. The van der Waals surface area contributed by atoms with Crippen LogP contribution in [0.25, 0.3) is 0 Å². The highest BCUT2D eigenvalue weighted by atomic mass is 32.2. The Bertz CT molecular complexity index is 713. The van der Waals surface area contributed by atoms with E-state index in [-0.39, 0.29) is 11.8 Å². The van der Waals surface area contributed by atoms with E-state index in [1.807, 2.05) is 0 Å². The van der Waals surface area contributed by atoms with E-state index in [2.05, 4.69) is 17.1 Å². The van der Waals surface area contributed by atoms with E-state index in [0.717, 1.165) is 38.3 Å². The number of thiophene rings is 1. The summed E-state index contributed by atoms with van der Waals surface area (Å²) in [5, 5.41) is 4.84. The molecule has 8 heteroatoms. The quantitative estimate of drug-likeness (QED) is 0.648. The van der Waals surface area contributed by atoms with Crippen LogP contribution in [-0.2, 0) is 14.8 Å². The summed E-state index contributed by atoms with van der Waals surface area (Å²) in [5.41, 5.74) is 0. The highest BCUT2D eigenvalue weighted by Gasteiger charge is 2.30. The van der Waals surface area contributed by atoms with Crippen molar-refractivity contribution in [1.29, 1.82) is 0 Å². The van der Waals surface area contributed by atoms with Crippen molar-refractivity contribution < 1.29 is 13.2 Å². The molecule has 0 spiro atoms. The Morgan fingerprint density at radius 3 is 2.71 bits per heavy atom. The lowest BCUT2D eigenvalue weighted by atomic mass is 9.94. The van der Waals surface area contributed by atoms with Gasteiger partial charge in [-0.2, -0.15) is 4.31 Å². The smallest absolute Gasteiger partial charge is 0.252 e. The summed E-state index contributed by atoms with van der Waals surface area (Å²) in [6, 6.07) is 3.42. The first-order valence-corrected chi connectivity index (χ1v) is 12.8. The lowest BCUT2D eigenvalue weighted by molar-refractivity contribution is -0.122. The molecule has 2 saturated heterocycles. The minimum atomic E-state index is -3.36.